The highest BCUT2D eigenvalue weighted by Gasteiger charge is 2.12. The molecule has 4 nitrogen and oxygen atoms in total. The van der Waals surface area contributed by atoms with Crippen molar-refractivity contribution >= 4 is 5.82 Å². The molecule has 16 heavy (non-hydrogen) atoms. The van der Waals surface area contributed by atoms with E-state index in [0.717, 1.165) is 12.1 Å². The summed E-state index contributed by atoms with van der Waals surface area (Å²) in [6.45, 7) is 0. The standard InChI is InChI=1S/C10H8F2N4/c11-6-2-1-3-7(12)10(6)8-4-5-9(14-13)16-15-8/h1-5H,13H2,(H,14,16). The van der Waals surface area contributed by atoms with Gasteiger partial charge in [-0.15, -0.1) is 10.2 Å². The largest absolute Gasteiger partial charge is 0.307 e. The molecule has 2 aromatic rings. The van der Waals surface area contributed by atoms with Crippen LogP contribution in [0.1, 0.15) is 0 Å². The third kappa shape index (κ3) is 1.82. The van der Waals surface area contributed by atoms with E-state index in [2.05, 4.69) is 15.6 Å². The van der Waals surface area contributed by atoms with Crippen LogP contribution in [-0.2, 0) is 0 Å². The van der Waals surface area contributed by atoms with Crippen molar-refractivity contribution in [3.05, 3.63) is 42.0 Å². The van der Waals surface area contributed by atoms with Crippen molar-refractivity contribution in [2.45, 2.75) is 0 Å². The first-order valence-corrected chi connectivity index (χ1v) is 4.47. The summed E-state index contributed by atoms with van der Waals surface area (Å²) in [7, 11) is 0. The number of hydrogen-bond acceptors (Lipinski definition) is 4. The molecule has 0 aliphatic carbocycles. The second-order valence-electron chi connectivity index (χ2n) is 3.04. The summed E-state index contributed by atoms with van der Waals surface area (Å²) in [5, 5.41) is 7.31. The van der Waals surface area contributed by atoms with Crippen molar-refractivity contribution in [3.63, 3.8) is 0 Å². The molecule has 1 heterocycles. The SMILES string of the molecule is NNc1ccc(-c2c(F)cccc2F)nn1. The number of nitrogens with two attached hydrogens (primary N) is 1. The van der Waals surface area contributed by atoms with Crippen molar-refractivity contribution in [3.8, 4) is 11.3 Å². The number of nitrogen functional groups attached to an aromatic ring is 1. The number of benzene rings is 1. The van der Waals surface area contributed by atoms with E-state index in [1.54, 1.807) is 0 Å². The smallest absolute Gasteiger partial charge is 0.162 e. The minimum Gasteiger partial charge on any atom is -0.307 e. The van der Waals surface area contributed by atoms with E-state index in [0.29, 0.717) is 5.82 Å². The fourth-order valence-electron chi connectivity index (χ4n) is 1.29. The lowest BCUT2D eigenvalue weighted by molar-refractivity contribution is 0.588. The van der Waals surface area contributed by atoms with Gasteiger partial charge in [-0.25, -0.2) is 14.6 Å². The van der Waals surface area contributed by atoms with Crippen molar-refractivity contribution in [2.24, 2.45) is 5.84 Å². The molecule has 1 aromatic heterocycles. The fraction of sp³-hybridized carbons (Fsp3) is 0. The summed E-state index contributed by atoms with van der Waals surface area (Å²) >= 11 is 0. The average Bonchev–Trinajstić information content (AvgIpc) is 2.30. The molecule has 0 saturated heterocycles. The van der Waals surface area contributed by atoms with Crippen LogP contribution in [-0.4, -0.2) is 10.2 Å². The molecule has 0 saturated carbocycles. The van der Waals surface area contributed by atoms with Gasteiger partial charge in [-0.1, -0.05) is 6.07 Å². The lowest BCUT2D eigenvalue weighted by Crippen LogP contribution is -2.09. The van der Waals surface area contributed by atoms with Crippen LogP contribution < -0.4 is 11.3 Å². The van der Waals surface area contributed by atoms with Crippen LogP contribution in [0.4, 0.5) is 14.6 Å². The van der Waals surface area contributed by atoms with Crippen molar-refractivity contribution in [1.29, 1.82) is 0 Å². The Labute approximate surface area is 90.1 Å². The molecule has 0 aliphatic heterocycles. The summed E-state index contributed by atoms with van der Waals surface area (Å²) in [5.74, 6) is 4.06. The Hall–Kier alpha value is -2.08. The van der Waals surface area contributed by atoms with Crippen molar-refractivity contribution in [2.75, 3.05) is 5.43 Å². The molecule has 3 N–H and O–H groups in total. The Bertz CT molecular complexity index is 478. The van der Waals surface area contributed by atoms with Crippen molar-refractivity contribution in [1.82, 2.24) is 10.2 Å². The molecule has 0 atom stereocenters. The highest BCUT2D eigenvalue weighted by Crippen LogP contribution is 2.23. The Morgan fingerprint density at radius 1 is 1.00 bits per heavy atom. The lowest BCUT2D eigenvalue weighted by atomic mass is 10.1. The van der Waals surface area contributed by atoms with Crippen LogP contribution in [0.3, 0.4) is 0 Å². The Balaban J connectivity index is 2.50. The monoisotopic (exact) mass is 222 g/mol. The normalized spacial score (nSPS) is 10.2. The summed E-state index contributed by atoms with van der Waals surface area (Å²) < 4.78 is 26.7. The molecule has 0 amide bonds. The molecule has 0 unspecified atom stereocenters. The summed E-state index contributed by atoms with van der Waals surface area (Å²) in [5.41, 5.74) is 2.20. The van der Waals surface area contributed by atoms with Crippen LogP contribution in [0, 0.1) is 11.6 Å². The highest BCUT2D eigenvalue weighted by molar-refractivity contribution is 5.61. The second-order valence-corrected chi connectivity index (χ2v) is 3.04. The van der Waals surface area contributed by atoms with Gasteiger partial charge in [-0.2, -0.15) is 0 Å². The molecule has 2 rings (SSSR count). The van der Waals surface area contributed by atoms with E-state index in [4.69, 9.17) is 5.84 Å². The fourth-order valence-corrected chi connectivity index (χ4v) is 1.29. The van der Waals surface area contributed by atoms with Gasteiger partial charge in [0.15, 0.2) is 5.82 Å². The van der Waals surface area contributed by atoms with Crippen molar-refractivity contribution < 1.29 is 8.78 Å². The Morgan fingerprint density at radius 3 is 2.19 bits per heavy atom. The maximum atomic E-state index is 13.4. The molecule has 0 aliphatic rings. The van der Waals surface area contributed by atoms with Gasteiger partial charge in [0.05, 0.1) is 11.3 Å². The minimum atomic E-state index is -0.678. The van der Waals surface area contributed by atoms with E-state index in [1.807, 2.05) is 0 Å². The Kier molecular flexibility index (Phi) is 2.74. The lowest BCUT2D eigenvalue weighted by Gasteiger charge is -2.04. The van der Waals surface area contributed by atoms with E-state index in [1.165, 1.54) is 18.2 Å². The molecule has 0 bridgehead atoms. The van der Waals surface area contributed by atoms with Crippen LogP contribution in [0.5, 0.6) is 0 Å². The molecule has 0 radical (unpaired) electrons. The van der Waals surface area contributed by atoms with Crippen LogP contribution in [0.15, 0.2) is 30.3 Å². The predicted molar refractivity (Wildman–Crippen MR) is 55.2 cm³/mol. The molecule has 1 aromatic carbocycles. The highest BCUT2D eigenvalue weighted by atomic mass is 19.1. The number of hydrogen-bond donors (Lipinski definition) is 2. The summed E-state index contributed by atoms with van der Waals surface area (Å²) in [4.78, 5) is 0. The quantitative estimate of drug-likeness (QED) is 0.599. The Morgan fingerprint density at radius 2 is 1.69 bits per heavy atom. The number of nitrogens with zero attached hydrogens (tertiary/aromatic N) is 2. The minimum absolute atomic E-state index is 0.120. The number of aromatic nitrogens is 2. The first kappa shape index (κ1) is 10.4. The molecular formula is C10H8F2N4. The van der Waals surface area contributed by atoms with E-state index in [9.17, 15) is 8.78 Å². The van der Waals surface area contributed by atoms with Crippen LogP contribution in [0.25, 0.3) is 11.3 Å². The first-order chi connectivity index (χ1) is 7.72. The maximum Gasteiger partial charge on any atom is 0.162 e. The third-order valence-electron chi connectivity index (χ3n) is 2.03. The zero-order valence-corrected chi connectivity index (χ0v) is 8.11. The van der Waals surface area contributed by atoms with Gasteiger partial charge in [0, 0.05) is 0 Å². The zero-order valence-electron chi connectivity index (χ0n) is 8.11. The van der Waals surface area contributed by atoms with E-state index < -0.39 is 11.6 Å². The van der Waals surface area contributed by atoms with Crippen LogP contribution >= 0.6 is 0 Å². The van der Waals surface area contributed by atoms with E-state index >= 15 is 0 Å². The third-order valence-corrected chi connectivity index (χ3v) is 2.03. The van der Waals surface area contributed by atoms with Gasteiger partial charge in [0.1, 0.15) is 11.6 Å². The van der Waals surface area contributed by atoms with Gasteiger partial charge in [0.25, 0.3) is 0 Å². The number of hydrazine groups is 1. The molecule has 0 spiro atoms. The molecular weight excluding hydrogens is 214 g/mol. The predicted octanol–water partition coefficient (Wildman–Crippen LogP) is 1.71. The van der Waals surface area contributed by atoms with Gasteiger partial charge >= 0.3 is 0 Å². The average molecular weight is 222 g/mol. The summed E-state index contributed by atoms with van der Waals surface area (Å²) in [6.07, 6.45) is 0. The second kappa shape index (κ2) is 4.19. The first-order valence-electron chi connectivity index (χ1n) is 4.47. The molecule has 6 heteroatoms. The number of nitrogens with one attached hydrogen (secondary N) is 1. The topological polar surface area (TPSA) is 63.8 Å². The number of halogens is 2. The van der Waals surface area contributed by atoms with Gasteiger partial charge in [-0.05, 0) is 24.3 Å². The number of rotatable bonds is 2. The van der Waals surface area contributed by atoms with E-state index in [-0.39, 0.29) is 11.3 Å². The van der Waals surface area contributed by atoms with Gasteiger partial charge in [0.2, 0.25) is 0 Å². The van der Waals surface area contributed by atoms with Crippen LogP contribution in [0.2, 0.25) is 0 Å². The number of anilines is 1. The van der Waals surface area contributed by atoms with Gasteiger partial charge in [-0.3, -0.25) is 0 Å². The zero-order chi connectivity index (χ0) is 11.5. The molecule has 82 valence electrons. The summed E-state index contributed by atoms with van der Waals surface area (Å²) in [6, 6.07) is 6.53. The maximum absolute atomic E-state index is 13.4. The molecule has 0 fully saturated rings. The van der Waals surface area contributed by atoms with Gasteiger partial charge < -0.3 is 5.43 Å².